The topological polar surface area (TPSA) is 43.8 Å². The molecule has 0 unspecified atom stereocenters. The van der Waals surface area contributed by atoms with Crippen LogP contribution in [0.5, 0.6) is 0 Å². The molecule has 4 nitrogen and oxygen atoms in total. The van der Waals surface area contributed by atoms with Gasteiger partial charge in [-0.25, -0.2) is 4.79 Å². The molecule has 2 amide bonds. The van der Waals surface area contributed by atoms with Crippen LogP contribution in [0.25, 0.3) is 0 Å². The Morgan fingerprint density at radius 3 is 2.26 bits per heavy atom. The second-order valence-electron chi connectivity index (χ2n) is 5.86. The molecule has 2 rings (SSSR count). The summed E-state index contributed by atoms with van der Waals surface area (Å²) in [5, 5.41) is 11.2. The van der Waals surface area contributed by atoms with Crippen molar-refractivity contribution in [3.05, 3.63) is 29.3 Å². The van der Waals surface area contributed by atoms with E-state index in [4.69, 9.17) is 11.6 Å². The zero-order chi connectivity index (χ0) is 14.4. The Bertz CT molecular complexity index is 497. The van der Waals surface area contributed by atoms with E-state index in [1.165, 1.54) is 4.90 Å². The van der Waals surface area contributed by atoms with Crippen molar-refractivity contribution in [2.24, 2.45) is 0 Å². The zero-order valence-electron chi connectivity index (χ0n) is 11.6. The third kappa shape index (κ3) is 2.42. The molecule has 0 radical (unpaired) electrons. The first-order valence-corrected chi connectivity index (χ1v) is 6.59. The minimum Gasteiger partial charge on any atom is -0.371 e. The maximum Gasteiger partial charge on any atom is 0.327 e. The average Bonchev–Trinajstić information content (AvgIpc) is 2.27. The molecule has 1 aromatic rings. The number of benzene rings is 1. The standard InChI is InChI=1S/C14H19ClN2O2/c1-13(2)9-14(3,19)17(12(18)16(13)4)11-7-5-10(15)6-8-11/h5-8,19H,9H2,1-4H3/t14-/m1/s1. The molecule has 0 bridgehead atoms. The van der Waals surface area contributed by atoms with Crippen molar-refractivity contribution in [2.45, 2.75) is 38.5 Å². The number of nitrogens with zero attached hydrogens (tertiary/aromatic N) is 2. The predicted molar refractivity (Wildman–Crippen MR) is 76.4 cm³/mol. The lowest BCUT2D eigenvalue weighted by Crippen LogP contribution is -2.67. The fourth-order valence-electron chi connectivity index (χ4n) is 2.61. The van der Waals surface area contributed by atoms with Crippen LogP contribution in [0, 0.1) is 0 Å². The normalized spacial score (nSPS) is 26.7. The van der Waals surface area contributed by atoms with Gasteiger partial charge in [-0.3, -0.25) is 4.90 Å². The van der Waals surface area contributed by atoms with E-state index >= 15 is 0 Å². The van der Waals surface area contributed by atoms with Crippen LogP contribution in [0.2, 0.25) is 5.02 Å². The number of hydrogen-bond acceptors (Lipinski definition) is 2. The molecule has 1 aliphatic heterocycles. The number of rotatable bonds is 1. The van der Waals surface area contributed by atoms with E-state index in [1.54, 1.807) is 43.1 Å². The third-order valence-electron chi connectivity index (χ3n) is 3.72. The van der Waals surface area contributed by atoms with Gasteiger partial charge in [0.15, 0.2) is 0 Å². The molecule has 0 aliphatic carbocycles. The summed E-state index contributed by atoms with van der Waals surface area (Å²) >= 11 is 5.86. The minimum atomic E-state index is -1.22. The van der Waals surface area contributed by atoms with Crippen LogP contribution in [0.15, 0.2) is 24.3 Å². The molecule has 1 atom stereocenters. The molecule has 0 aromatic heterocycles. The van der Waals surface area contributed by atoms with Gasteiger partial charge in [0.1, 0.15) is 5.72 Å². The summed E-state index contributed by atoms with van der Waals surface area (Å²) in [7, 11) is 1.75. The number of hydrogen-bond donors (Lipinski definition) is 1. The Morgan fingerprint density at radius 2 is 1.74 bits per heavy atom. The van der Waals surface area contributed by atoms with Gasteiger partial charge in [-0.1, -0.05) is 11.6 Å². The molecule has 19 heavy (non-hydrogen) atoms. The van der Waals surface area contributed by atoms with Gasteiger partial charge in [0.2, 0.25) is 0 Å². The minimum absolute atomic E-state index is 0.219. The smallest absolute Gasteiger partial charge is 0.327 e. The maximum atomic E-state index is 12.5. The van der Waals surface area contributed by atoms with Crippen molar-refractivity contribution >= 4 is 23.3 Å². The number of urea groups is 1. The summed E-state index contributed by atoms with van der Waals surface area (Å²) in [6.07, 6.45) is 0.463. The number of carbonyl (C=O) groups excluding carboxylic acids is 1. The maximum absolute atomic E-state index is 12.5. The number of halogens is 1. The Labute approximate surface area is 118 Å². The summed E-state index contributed by atoms with van der Waals surface area (Å²) in [4.78, 5) is 15.6. The van der Waals surface area contributed by atoms with Crippen LogP contribution in [-0.4, -0.2) is 34.3 Å². The highest BCUT2D eigenvalue weighted by molar-refractivity contribution is 6.30. The van der Waals surface area contributed by atoms with E-state index in [1.807, 2.05) is 13.8 Å². The molecule has 1 heterocycles. The molecular formula is C14H19ClN2O2. The van der Waals surface area contributed by atoms with E-state index in [9.17, 15) is 9.90 Å². The summed E-state index contributed by atoms with van der Waals surface area (Å²) < 4.78 is 0. The van der Waals surface area contributed by atoms with E-state index < -0.39 is 5.72 Å². The zero-order valence-corrected chi connectivity index (χ0v) is 12.4. The lowest BCUT2D eigenvalue weighted by atomic mass is 9.88. The fourth-order valence-corrected chi connectivity index (χ4v) is 2.74. The second-order valence-corrected chi connectivity index (χ2v) is 6.30. The molecule has 0 spiro atoms. The highest BCUT2D eigenvalue weighted by Crippen LogP contribution is 2.38. The van der Waals surface area contributed by atoms with Crippen molar-refractivity contribution in [1.82, 2.24) is 4.90 Å². The number of amides is 2. The van der Waals surface area contributed by atoms with Gasteiger partial charge in [-0.15, -0.1) is 0 Å². The Kier molecular flexibility index (Phi) is 3.27. The van der Waals surface area contributed by atoms with Crippen molar-refractivity contribution in [1.29, 1.82) is 0 Å². The van der Waals surface area contributed by atoms with Gasteiger partial charge >= 0.3 is 6.03 Å². The lowest BCUT2D eigenvalue weighted by Gasteiger charge is -2.52. The van der Waals surface area contributed by atoms with Gasteiger partial charge in [0, 0.05) is 29.7 Å². The molecule has 1 aromatic carbocycles. The van der Waals surface area contributed by atoms with Gasteiger partial charge in [-0.05, 0) is 45.0 Å². The summed E-state index contributed by atoms with van der Waals surface area (Å²) in [6, 6.07) is 6.67. The highest BCUT2D eigenvalue weighted by Gasteiger charge is 2.48. The number of anilines is 1. The summed E-state index contributed by atoms with van der Waals surface area (Å²) in [5.41, 5.74) is -0.966. The van der Waals surface area contributed by atoms with Crippen LogP contribution in [0.4, 0.5) is 10.5 Å². The quantitative estimate of drug-likeness (QED) is 0.860. The van der Waals surface area contributed by atoms with E-state index in [-0.39, 0.29) is 11.6 Å². The van der Waals surface area contributed by atoms with Gasteiger partial charge in [-0.2, -0.15) is 0 Å². The Hall–Kier alpha value is -1.26. The van der Waals surface area contributed by atoms with E-state index in [2.05, 4.69) is 0 Å². The fraction of sp³-hybridized carbons (Fsp3) is 0.500. The van der Waals surface area contributed by atoms with Crippen molar-refractivity contribution < 1.29 is 9.90 Å². The third-order valence-corrected chi connectivity index (χ3v) is 3.97. The molecular weight excluding hydrogens is 264 g/mol. The first-order valence-electron chi connectivity index (χ1n) is 6.21. The molecule has 5 heteroatoms. The van der Waals surface area contributed by atoms with Gasteiger partial charge in [0.25, 0.3) is 0 Å². The molecule has 104 valence electrons. The van der Waals surface area contributed by atoms with Gasteiger partial charge in [0.05, 0.1) is 0 Å². The van der Waals surface area contributed by atoms with Crippen molar-refractivity contribution in [3.63, 3.8) is 0 Å². The Morgan fingerprint density at radius 1 is 1.21 bits per heavy atom. The van der Waals surface area contributed by atoms with Crippen LogP contribution >= 0.6 is 11.6 Å². The lowest BCUT2D eigenvalue weighted by molar-refractivity contribution is -0.0182. The monoisotopic (exact) mass is 282 g/mol. The molecule has 1 N–H and O–H groups in total. The van der Waals surface area contributed by atoms with Crippen molar-refractivity contribution in [2.75, 3.05) is 11.9 Å². The molecule has 0 saturated carbocycles. The van der Waals surface area contributed by atoms with Gasteiger partial charge < -0.3 is 10.0 Å². The first-order chi connectivity index (χ1) is 8.65. The first kappa shape index (κ1) is 14.2. The van der Waals surface area contributed by atoms with Crippen LogP contribution in [0.3, 0.4) is 0 Å². The summed E-state index contributed by atoms with van der Waals surface area (Å²) in [5.74, 6) is 0. The van der Waals surface area contributed by atoms with Crippen LogP contribution in [-0.2, 0) is 0 Å². The van der Waals surface area contributed by atoms with E-state index in [0.29, 0.717) is 17.1 Å². The largest absolute Gasteiger partial charge is 0.371 e. The number of aliphatic hydroxyl groups is 1. The van der Waals surface area contributed by atoms with E-state index in [0.717, 1.165) is 0 Å². The van der Waals surface area contributed by atoms with Crippen LogP contribution < -0.4 is 4.90 Å². The van der Waals surface area contributed by atoms with Crippen molar-refractivity contribution in [3.8, 4) is 0 Å². The molecule has 1 fully saturated rings. The average molecular weight is 283 g/mol. The van der Waals surface area contributed by atoms with Crippen LogP contribution in [0.1, 0.15) is 27.2 Å². The SMILES string of the molecule is CN1C(=O)N(c2ccc(Cl)cc2)[C@](C)(O)CC1(C)C. The number of carbonyl (C=O) groups is 1. The summed E-state index contributed by atoms with van der Waals surface area (Å²) in [6.45, 7) is 5.55. The molecule has 1 aliphatic rings. The predicted octanol–water partition coefficient (Wildman–Crippen LogP) is 3.09. The Balaban J connectivity index is 2.44. The highest BCUT2D eigenvalue weighted by atomic mass is 35.5. The molecule has 1 saturated heterocycles. The second kappa shape index (κ2) is 4.39.